The number of nitrogens with one attached hydrogen (secondary N) is 2. The van der Waals surface area contributed by atoms with Crippen LogP contribution in [0.15, 0.2) is 54.7 Å². The fraction of sp³-hybridized carbons (Fsp3) is 0.375. The number of aromatic nitrogens is 9. The van der Waals surface area contributed by atoms with E-state index in [1.807, 2.05) is 48.2 Å². The van der Waals surface area contributed by atoms with E-state index in [4.69, 9.17) is 45.7 Å². The maximum atomic E-state index is 13.9. The number of allylic oxidation sites excluding steroid dienone is 2. The molecule has 2 aromatic carbocycles. The highest BCUT2D eigenvalue weighted by atomic mass is 16.5. The molecule has 0 spiro atoms. The van der Waals surface area contributed by atoms with Gasteiger partial charge in [-0.3, -0.25) is 38.7 Å². The van der Waals surface area contributed by atoms with Gasteiger partial charge in [0.05, 0.1) is 35.6 Å². The van der Waals surface area contributed by atoms with Crippen molar-refractivity contribution in [2.24, 2.45) is 11.5 Å². The summed E-state index contributed by atoms with van der Waals surface area (Å²) in [5.74, 6) is -1.80. The Hall–Kier alpha value is -8.14. The highest BCUT2D eigenvalue weighted by molar-refractivity contribution is 6.12. The van der Waals surface area contributed by atoms with Crippen LogP contribution < -0.4 is 31.6 Å². The van der Waals surface area contributed by atoms with Crippen molar-refractivity contribution in [2.75, 3.05) is 38.8 Å². The molecule has 0 aliphatic heterocycles. The van der Waals surface area contributed by atoms with Crippen LogP contribution in [0.5, 0.6) is 11.5 Å². The molecule has 0 aliphatic rings. The summed E-state index contributed by atoms with van der Waals surface area (Å²) < 4.78 is 25.0. The van der Waals surface area contributed by atoms with Crippen LogP contribution >= 0.6 is 0 Å². The summed E-state index contributed by atoms with van der Waals surface area (Å²) in [5, 5.41) is 25.0. The molecule has 22 heteroatoms. The lowest BCUT2D eigenvalue weighted by molar-refractivity contribution is -0.137. The van der Waals surface area contributed by atoms with Crippen LogP contribution in [0.25, 0.3) is 44.5 Å². The third kappa shape index (κ3) is 11.2. The Morgan fingerprint density at radius 3 is 2.09 bits per heavy atom. The quantitative estimate of drug-likeness (QED) is 0.0376. The van der Waals surface area contributed by atoms with Gasteiger partial charge in [0.2, 0.25) is 23.7 Å². The molecule has 0 aliphatic carbocycles. The van der Waals surface area contributed by atoms with E-state index in [2.05, 4.69) is 20.8 Å². The van der Waals surface area contributed by atoms with E-state index in [1.165, 1.54) is 12.1 Å². The number of ether oxygens (including phenoxy) is 3. The number of aryl methyl sites for hydroxylation is 4. The Morgan fingerprint density at radius 1 is 0.743 bits per heavy atom. The van der Waals surface area contributed by atoms with Gasteiger partial charge in [-0.2, -0.15) is 10.2 Å². The number of anilines is 1. The predicted molar refractivity (Wildman–Crippen MR) is 260 cm³/mol. The molecule has 368 valence electrons. The van der Waals surface area contributed by atoms with Gasteiger partial charge < -0.3 is 45.2 Å². The van der Waals surface area contributed by atoms with Crippen molar-refractivity contribution >= 4 is 68.5 Å². The first kappa shape index (κ1) is 49.8. The summed E-state index contributed by atoms with van der Waals surface area (Å²) in [6.07, 6.45) is 6.66. The lowest BCUT2D eigenvalue weighted by Gasteiger charge is -2.13. The number of primary amides is 2. The van der Waals surface area contributed by atoms with E-state index in [9.17, 15) is 24.0 Å². The number of fused-ring (bicyclic) bond motifs is 4. The van der Waals surface area contributed by atoms with E-state index in [0.717, 1.165) is 11.4 Å². The molecule has 7 aromatic rings. The number of hydrogen-bond donors (Lipinski definition) is 5. The Labute approximate surface area is 402 Å². The molecule has 5 heterocycles. The molecule has 7 N–H and O–H groups in total. The van der Waals surface area contributed by atoms with Crippen molar-refractivity contribution in [1.29, 1.82) is 0 Å². The number of methoxy groups -OCH3 is 1. The van der Waals surface area contributed by atoms with Gasteiger partial charge in [0.15, 0.2) is 5.82 Å². The SMILES string of the molecule is CCn1nc(C)cc1C(=O)Nc1nc2cc(C(N)=O)cc(OCCCNC(=O)CCCC(=O)O)c2n1C/C=C/Cn1c2nc(-c3cc(C)nn3CC)ncc2c2cc(C(N)=O)cc(OCCCOC)c21. The zero-order valence-electron chi connectivity index (χ0n) is 39.8. The Kier molecular flexibility index (Phi) is 15.9. The highest BCUT2D eigenvalue weighted by Crippen LogP contribution is 2.37. The van der Waals surface area contributed by atoms with Gasteiger partial charge >= 0.3 is 5.97 Å². The minimum absolute atomic E-state index is 0.0744. The Morgan fingerprint density at radius 2 is 1.40 bits per heavy atom. The summed E-state index contributed by atoms with van der Waals surface area (Å²) in [4.78, 5) is 77.0. The number of rotatable bonds is 25. The zero-order chi connectivity index (χ0) is 50.1. The van der Waals surface area contributed by atoms with Crippen molar-refractivity contribution < 1.29 is 43.3 Å². The second kappa shape index (κ2) is 22.3. The monoisotopic (exact) mass is 959 g/mol. The number of carbonyl (C=O) groups excluding carboxylic acids is 4. The van der Waals surface area contributed by atoms with E-state index in [1.54, 1.807) is 47.7 Å². The van der Waals surface area contributed by atoms with Gasteiger partial charge in [-0.25, -0.2) is 15.0 Å². The number of imidazole rings is 1. The van der Waals surface area contributed by atoms with Crippen LogP contribution in [0.4, 0.5) is 5.95 Å². The van der Waals surface area contributed by atoms with Gasteiger partial charge in [-0.05, 0) is 76.9 Å². The summed E-state index contributed by atoms with van der Waals surface area (Å²) in [7, 11) is 1.61. The van der Waals surface area contributed by atoms with Crippen LogP contribution in [-0.2, 0) is 40.5 Å². The first-order valence-electron chi connectivity index (χ1n) is 23.0. The average Bonchev–Trinajstić information content (AvgIpc) is 4.09. The fourth-order valence-corrected chi connectivity index (χ4v) is 8.09. The smallest absolute Gasteiger partial charge is 0.303 e. The first-order chi connectivity index (χ1) is 33.7. The molecule has 0 saturated heterocycles. The van der Waals surface area contributed by atoms with Gasteiger partial charge in [-0.15, -0.1) is 0 Å². The Bertz CT molecular complexity index is 3130. The van der Waals surface area contributed by atoms with E-state index in [-0.39, 0.29) is 74.2 Å². The maximum Gasteiger partial charge on any atom is 0.303 e. The number of nitrogens with zero attached hydrogens (tertiary/aromatic N) is 9. The molecule has 0 atom stereocenters. The summed E-state index contributed by atoms with van der Waals surface area (Å²) in [5.41, 5.74) is 16.5. The minimum atomic E-state index is -0.972. The van der Waals surface area contributed by atoms with Gasteiger partial charge in [0.1, 0.15) is 34.1 Å². The molecular formula is C48H57N13O9. The molecular weight excluding hydrogens is 903 g/mol. The summed E-state index contributed by atoms with van der Waals surface area (Å²) >= 11 is 0. The van der Waals surface area contributed by atoms with Crippen molar-refractivity contribution in [1.82, 2.24) is 49.0 Å². The second-order valence-electron chi connectivity index (χ2n) is 16.4. The number of nitrogens with two attached hydrogens (primary N) is 2. The predicted octanol–water partition coefficient (Wildman–Crippen LogP) is 4.91. The van der Waals surface area contributed by atoms with E-state index in [0.29, 0.717) is 95.1 Å². The largest absolute Gasteiger partial charge is 0.491 e. The van der Waals surface area contributed by atoms with Crippen LogP contribution in [0.1, 0.15) is 88.5 Å². The maximum absolute atomic E-state index is 13.9. The van der Waals surface area contributed by atoms with Crippen molar-refractivity contribution in [3.8, 4) is 23.0 Å². The molecule has 0 saturated carbocycles. The molecule has 7 rings (SSSR count). The van der Waals surface area contributed by atoms with Crippen LogP contribution in [0.2, 0.25) is 0 Å². The molecule has 0 radical (unpaired) electrons. The third-order valence-electron chi connectivity index (χ3n) is 11.3. The lowest BCUT2D eigenvalue weighted by Crippen LogP contribution is -2.25. The normalized spacial score (nSPS) is 11.6. The topological polar surface area (TPSA) is 294 Å². The van der Waals surface area contributed by atoms with Gasteiger partial charge in [0.25, 0.3) is 5.91 Å². The van der Waals surface area contributed by atoms with Crippen LogP contribution in [-0.4, -0.2) is 112 Å². The third-order valence-corrected chi connectivity index (χ3v) is 11.3. The molecule has 22 nitrogen and oxygen atoms in total. The van der Waals surface area contributed by atoms with Gasteiger partial charge in [0, 0.05) is 93.8 Å². The number of carboxylic acid groups (broad SMARTS) is 1. The number of amides is 4. The standard InChI is InChI=1S/C48H57N13O9/c1-6-60-35(21-28(3)56-60)45-52-27-33-32-23-30(43(49)65)25-37(70-20-12-18-68-5)41(32)58(46(33)54-45)16-8-9-17-59-42-34(53-48(59)55-47(67)36-22-29(4)57-61(36)7-2)24-31(44(50)66)26-38(42)69-19-11-15-51-39(62)13-10-14-40(63)64/h8-9,21-27H,6-7,10-20H2,1-5H3,(H2,49,65)(H2,50,66)(H,51,62)(H,63,64)(H,53,55,67)/b9-8+. The minimum Gasteiger partial charge on any atom is -0.491 e. The summed E-state index contributed by atoms with van der Waals surface area (Å²) in [6, 6.07) is 9.96. The average molecular weight is 960 g/mol. The molecule has 70 heavy (non-hydrogen) atoms. The van der Waals surface area contributed by atoms with Crippen molar-refractivity contribution in [3.05, 3.63) is 83.0 Å². The highest BCUT2D eigenvalue weighted by Gasteiger charge is 2.24. The lowest BCUT2D eigenvalue weighted by atomic mass is 10.1. The van der Waals surface area contributed by atoms with E-state index >= 15 is 0 Å². The van der Waals surface area contributed by atoms with Crippen LogP contribution in [0.3, 0.4) is 0 Å². The second-order valence-corrected chi connectivity index (χ2v) is 16.4. The van der Waals surface area contributed by atoms with Crippen molar-refractivity contribution in [2.45, 2.75) is 86.0 Å². The summed E-state index contributed by atoms with van der Waals surface area (Å²) in [6.45, 7) is 10.1. The van der Waals surface area contributed by atoms with Gasteiger partial charge in [-0.1, -0.05) is 12.2 Å². The zero-order valence-corrected chi connectivity index (χ0v) is 39.8. The molecule has 0 fully saturated rings. The number of carboxylic acids is 1. The molecule has 4 amide bonds. The number of hydrogen-bond acceptors (Lipinski definition) is 13. The number of carbonyl (C=O) groups is 5. The number of benzene rings is 2. The first-order valence-corrected chi connectivity index (χ1v) is 23.0. The Balaban J connectivity index is 1.28. The van der Waals surface area contributed by atoms with E-state index < -0.39 is 23.7 Å². The molecule has 5 aromatic heterocycles. The molecule has 0 bridgehead atoms. The van der Waals surface area contributed by atoms with Crippen LogP contribution in [0, 0.1) is 13.8 Å². The van der Waals surface area contributed by atoms with Crippen molar-refractivity contribution in [3.63, 3.8) is 0 Å². The number of aliphatic carboxylic acids is 1. The fourth-order valence-electron chi connectivity index (χ4n) is 8.09. The molecule has 0 unspecified atom stereocenters.